The summed E-state index contributed by atoms with van der Waals surface area (Å²) in [5, 5.41) is 22.4. The molecule has 1 amide bonds. The van der Waals surface area contributed by atoms with Crippen molar-refractivity contribution in [3.63, 3.8) is 0 Å². The summed E-state index contributed by atoms with van der Waals surface area (Å²) >= 11 is 0. The molecule has 10 heteroatoms. The molecule has 1 aliphatic heterocycles. The predicted molar refractivity (Wildman–Crippen MR) is 147 cm³/mol. The second-order valence-electron chi connectivity index (χ2n) is 9.39. The van der Waals surface area contributed by atoms with Crippen molar-refractivity contribution in [3.05, 3.63) is 90.0 Å². The van der Waals surface area contributed by atoms with Gasteiger partial charge >= 0.3 is 0 Å². The lowest BCUT2D eigenvalue weighted by Gasteiger charge is -2.34. The number of halogens is 1. The van der Waals surface area contributed by atoms with Crippen LogP contribution in [0.1, 0.15) is 28.8 Å². The van der Waals surface area contributed by atoms with Gasteiger partial charge in [-0.05, 0) is 66.7 Å². The van der Waals surface area contributed by atoms with Crippen LogP contribution >= 0.6 is 0 Å². The van der Waals surface area contributed by atoms with E-state index in [1.54, 1.807) is 41.6 Å². The van der Waals surface area contributed by atoms with Crippen LogP contribution < -0.4 is 10.2 Å². The molecule has 0 spiro atoms. The number of aromatic nitrogens is 5. The summed E-state index contributed by atoms with van der Waals surface area (Å²) in [4.78, 5) is 24.6. The number of carbonyl (C=O) groups excluding carboxylic acids is 1. The smallest absolute Gasteiger partial charge is 0.262 e. The average Bonchev–Trinajstić information content (AvgIpc) is 3.41. The molecule has 1 atom stereocenters. The van der Waals surface area contributed by atoms with E-state index in [1.165, 1.54) is 16.8 Å². The highest BCUT2D eigenvalue weighted by molar-refractivity contribution is 6.10. The fourth-order valence-electron chi connectivity index (χ4n) is 5.02. The van der Waals surface area contributed by atoms with E-state index in [9.17, 15) is 9.90 Å². The van der Waals surface area contributed by atoms with Gasteiger partial charge in [0.15, 0.2) is 5.65 Å². The Labute approximate surface area is 223 Å². The minimum absolute atomic E-state index is 0.0585. The number of anilines is 1. The molecule has 196 valence electrons. The SMILES string of the molecule is O=C(c1ccc(-n2nnc3cccnc32)cc1F)N(c1nccc2ccc(C=CCO)cc12)[C@@H]1CCCNC1. The van der Waals surface area contributed by atoms with Gasteiger partial charge in [0.1, 0.15) is 17.2 Å². The third-order valence-corrected chi connectivity index (χ3v) is 6.90. The Morgan fingerprint density at radius 2 is 2.08 bits per heavy atom. The lowest BCUT2D eigenvalue weighted by atomic mass is 10.0. The summed E-state index contributed by atoms with van der Waals surface area (Å²) < 4.78 is 17.1. The Morgan fingerprint density at radius 1 is 1.15 bits per heavy atom. The van der Waals surface area contributed by atoms with Crippen molar-refractivity contribution in [1.82, 2.24) is 30.3 Å². The minimum Gasteiger partial charge on any atom is -0.392 e. The largest absolute Gasteiger partial charge is 0.392 e. The second-order valence-corrected chi connectivity index (χ2v) is 9.39. The first-order chi connectivity index (χ1) is 19.1. The first-order valence-corrected chi connectivity index (χ1v) is 12.8. The van der Waals surface area contributed by atoms with Crippen LogP contribution in [0.2, 0.25) is 0 Å². The van der Waals surface area contributed by atoms with Gasteiger partial charge < -0.3 is 10.4 Å². The number of nitrogens with zero attached hydrogens (tertiary/aromatic N) is 6. The third kappa shape index (κ3) is 4.75. The first kappa shape index (κ1) is 24.8. The highest BCUT2D eigenvalue weighted by Crippen LogP contribution is 2.31. The van der Waals surface area contributed by atoms with Crippen molar-refractivity contribution in [2.75, 3.05) is 24.6 Å². The zero-order valence-electron chi connectivity index (χ0n) is 21.0. The van der Waals surface area contributed by atoms with E-state index in [1.807, 2.05) is 30.3 Å². The number of aliphatic hydroxyl groups excluding tert-OH is 1. The van der Waals surface area contributed by atoms with Crippen LogP contribution in [-0.4, -0.2) is 61.7 Å². The summed E-state index contributed by atoms with van der Waals surface area (Å²) in [6, 6.07) is 15.4. The molecule has 2 N–H and O–H groups in total. The van der Waals surface area contributed by atoms with Crippen molar-refractivity contribution in [1.29, 1.82) is 0 Å². The summed E-state index contributed by atoms with van der Waals surface area (Å²) in [5.74, 6) is -0.663. The maximum absolute atomic E-state index is 15.7. The van der Waals surface area contributed by atoms with Crippen LogP contribution in [0.5, 0.6) is 0 Å². The van der Waals surface area contributed by atoms with E-state index in [2.05, 4.69) is 25.6 Å². The maximum atomic E-state index is 15.7. The number of nitrogens with one attached hydrogen (secondary N) is 1. The molecule has 1 fully saturated rings. The summed E-state index contributed by atoms with van der Waals surface area (Å²) in [5.41, 5.74) is 2.31. The number of amides is 1. The number of fused-ring (bicyclic) bond motifs is 2. The molecule has 1 saturated heterocycles. The molecule has 4 heterocycles. The van der Waals surface area contributed by atoms with Gasteiger partial charge in [0.05, 0.1) is 23.9 Å². The Hall–Kier alpha value is -4.54. The normalized spacial score (nSPS) is 15.8. The number of piperidine rings is 1. The molecule has 0 unspecified atom stereocenters. The van der Waals surface area contributed by atoms with Crippen LogP contribution in [0.4, 0.5) is 10.2 Å². The fraction of sp³-hybridized carbons (Fsp3) is 0.207. The Kier molecular flexibility index (Phi) is 6.78. The molecule has 3 aromatic heterocycles. The van der Waals surface area contributed by atoms with Crippen LogP contribution in [0.25, 0.3) is 33.7 Å². The van der Waals surface area contributed by atoms with E-state index >= 15 is 4.39 Å². The number of benzene rings is 2. The van der Waals surface area contributed by atoms with Crippen LogP contribution in [0.15, 0.2) is 73.1 Å². The molecule has 6 rings (SSSR count). The van der Waals surface area contributed by atoms with Crippen LogP contribution in [0, 0.1) is 5.82 Å². The molecule has 0 aliphatic carbocycles. The van der Waals surface area contributed by atoms with Crippen molar-refractivity contribution in [3.8, 4) is 5.69 Å². The average molecular weight is 524 g/mol. The lowest BCUT2D eigenvalue weighted by Crippen LogP contribution is -2.49. The van der Waals surface area contributed by atoms with Gasteiger partial charge in [0, 0.05) is 30.4 Å². The van der Waals surface area contributed by atoms with Gasteiger partial charge in [-0.15, -0.1) is 5.10 Å². The molecule has 5 aromatic rings. The standard InChI is InChI=1S/C29H26FN7O2/c30-25-17-21(37-28-26(34-35-37)6-2-13-32-28)9-10-23(25)29(39)36(22-5-1-12-31-18-22)27-24-16-19(4-3-15-38)7-8-20(24)11-14-33-27/h2-4,6-11,13-14,16-17,22,31,38H,1,5,12,15,18H2/t22-/m1/s1. The van der Waals surface area contributed by atoms with Gasteiger partial charge in [-0.3, -0.25) is 9.69 Å². The maximum Gasteiger partial charge on any atom is 0.262 e. The molecule has 2 aromatic carbocycles. The second kappa shape index (κ2) is 10.7. The number of pyridine rings is 2. The van der Waals surface area contributed by atoms with Gasteiger partial charge in [0.25, 0.3) is 5.91 Å². The summed E-state index contributed by atoms with van der Waals surface area (Å²) in [6.45, 7) is 1.36. The number of rotatable bonds is 6. The zero-order chi connectivity index (χ0) is 26.8. The van der Waals surface area contributed by atoms with Crippen molar-refractivity contribution in [2.45, 2.75) is 18.9 Å². The number of hydrogen-bond donors (Lipinski definition) is 2. The van der Waals surface area contributed by atoms with Gasteiger partial charge in [-0.25, -0.2) is 14.4 Å². The fourth-order valence-corrected chi connectivity index (χ4v) is 5.02. The molecule has 0 bridgehead atoms. The molecular weight excluding hydrogens is 497 g/mol. The summed E-state index contributed by atoms with van der Waals surface area (Å²) in [7, 11) is 0. The molecule has 9 nitrogen and oxygen atoms in total. The van der Waals surface area contributed by atoms with Gasteiger partial charge in [0.2, 0.25) is 0 Å². The first-order valence-electron chi connectivity index (χ1n) is 12.8. The quantitative estimate of drug-likeness (QED) is 0.347. The van der Waals surface area contributed by atoms with Crippen LogP contribution in [-0.2, 0) is 0 Å². The monoisotopic (exact) mass is 523 g/mol. The van der Waals surface area contributed by atoms with E-state index in [-0.39, 0.29) is 18.2 Å². The van der Waals surface area contributed by atoms with E-state index in [4.69, 9.17) is 0 Å². The Bertz CT molecular complexity index is 1690. The van der Waals surface area contributed by atoms with Crippen molar-refractivity contribution < 1.29 is 14.3 Å². The minimum atomic E-state index is -0.669. The lowest BCUT2D eigenvalue weighted by molar-refractivity contribution is 0.0968. The zero-order valence-corrected chi connectivity index (χ0v) is 21.0. The molecule has 0 radical (unpaired) electrons. The van der Waals surface area contributed by atoms with E-state index in [0.717, 1.165) is 35.7 Å². The topological polar surface area (TPSA) is 109 Å². The van der Waals surface area contributed by atoms with Gasteiger partial charge in [-0.2, -0.15) is 4.68 Å². The highest BCUT2D eigenvalue weighted by Gasteiger charge is 2.31. The van der Waals surface area contributed by atoms with Crippen molar-refractivity contribution >= 4 is 39.7 Å². The number of aliphatic hydroxyl groups is 1. The van der Waals surface area contributed by atoms with Crippen LogP contribution in [0.3, 0.4) is 0 Å². The van der Waals surface area contributed by atoms with E-state index in [0.29, 0.717) is 29.2 Å². The van der Waals surface area contributed by atoms with Crippen molar-refractivity contribution in [2.24, 2.45) is 0 Å². The molecule has 0 saturated carbocycles. The summed E-state index contributed by atoms with van der Waals surface area (Å²) in [6.07, 6.45) is 8.39. The number of carbonyl (C=O) groups is 1. The predicted octanol–water partition coefficient (Wildman–Crippen LogP) is 3.91. The number of hydrogen-bond acceptors (Lipinski definition) is 7. The Morgan fingerprint density at radius 3 is 2.90 bits per heavy atom. The van der Waals surface area contributed by atoms with E-state index < -0.39 is 11.7 Å². The third-order valence-electron chi connectivity index (χ3n) is 6.90. The molecule has 39 heavy (non-hydrogen) atoms. The molecular formula is C29H26FN7O2. The molecule has 1 aliphatic rings. The Balaban J connectivity index is 1.43. The van der Waals surface area contributed by atoms with Gasteiger partial charge in [-0.1, -0.05) is 29.5 Å². The highest BCUT2D eigenvalue weighted by atomic mass is 19.1.